The van der Waals surface area contributed by atoms with Crippen LogP contribution >= 0.6 is 0 Å². The first-order valence-corrected chi connectivity index (χ1v) is 2.98. The quantitative estimate of drug-likeness (QED) is 0.511. The Bertz CT molecular complexity index is 37.1. The minimum Gasteiger partial charge on any atom is -0.359 e. The summed E-state index contributed by atoms with van der Waals surface area (Å²) in [4.78, 5) is 0. The molecular weight excluding hydrogens is 84.9 g/mol. The molecule has 2 heteroatoms. The Morgan fingerprint density at radius 1 is 1.57 bits per heavy atom. The topological polar surface area (TPSA) is 12.0 Å². The van der Waals surface area contributed by atoms with Crippen molar-refractivity contribution < 1.29 is 0 Å². The number of hydrogen-bond acceptors (Lipinski definition) is 1. The zero-order chi connectivity index (χ0) is 5.70. The van der Waals surface area contributed by atoms with Crippen LogP contribution in [0.15, 0.2) is 0 Å². The van der Waals surface area contributed by atoms with Gasteiger partial charge >= 0.3 is 0 Å². The van der Waals surface area contributed by atoms with Crippen LogP contribution in [0.3, 0.4) is 0 Å². The summed E-state index contributed by atoms with van der Waals surface area (Å²) in [6.45, 7) is 7.70. The summed E-state index contributed by atoms with van der Waals surface area (Å²) < 4.78 is 0. The SMILES string of the molecule is CBNCC(C)C. The second kappa shape index (κ2) is 4.19. The van der Waals surface area contributed by atoms with Gasteiger partial charge in [0.2, 0.25) is 0 Å². The maximum absolute atomic E-state index is 3.25. The lowest BCUT2D eigenvalue weighted by atomic mass is 9.99. The molecule has 0 fully saturated rings. The van der Waals surface area contributed by atoms with Gasteiger partial charge in [0.1, 0.15) is 0 Å². The second-order valence-electron chi connectivity index (χ2n) is 2.20. The minimum absolute atomic E-state index is 0.792. The van der Waals surface area contributed by atoms with Crippen LogP contribution < -0.4 is 5.23 Å². The first-order valence-electron chi connectivity index (χ1n) is 2.98. The molecule has 0 saturated heterocycles. The molecule has 42 valence electrons. The van der Waals surface area contributed by atoms with Crippen molar-refractivity contribution in [2.24, 2.45) is 5.92 Å². The highest BCUT2D eigenvalue weighted by molar-refractivity contribution is 6.29. The molecule has 0 rings (SSSR count). The molecule has 0 spiro atoms. The van der Waals surface area contributed by atoms with Gasteiger partial charge in [-0.25, -0.2) is 0 Å². The number of nitrogens with one attached hydrogen (secondary N) is 1. The van der Waals surface area contributed by atoms with Crippen molar-refractivity contribution in [2.75, 3.05) is 6.54 Å². The van der Waals surface area contributed by atoms with Gasteiger partial charge in [-0.15, -0.1) is 0 Å². The van der Waals surface area contributed by atoms with Crippen molar-refractivity contribution in [3.8, 4) is 0 Å². The van der Waals surface area contributed by atoms with Crippen LogP contribution in [0.2, 0.25) is 6.82 Å². The lowest BCUT2D eigenvalue weighted by Gasteiger charge is -2.01. The van der Waals surface area contributed by atoms with Crippen molar-refractivity contribution in [1.29, 1.82) is 0 Å². The predicted molar refractivity (Wildman–Crippen MR) is 35.9 cm³/mol. The van der Waals surface area contributed by atoms with Gasteiger partial charge in [0.15, 0.2) is 7.41 Å². The Morgan fingerprint density at radius 3 is 2.29 bits per heavy atom. The van der Waals surface area contributed by atoms with E-state index in [-0.39, 0.29) is 0 Å². The summed E-state index contributed by atoms with van der Waals surface area (Å²) in [5.41, 5.74) is 0. The molecule has 0 aliphatic carbocycles. The molecule has 0 aromatic rings. The first kappa shape index (κ1) is 7.02. The Balaban J connectivity index is 2.68. The molecule has 1 nitrogen and oxygen atoms in total. The second-order valence-corrected chi connectivity index (χ2v) is 2.20. The monoisotopic (exact) mass is 99.1 g/mol. The molecule has 0 aliphatic rings. The Hall–Kier alpha value is 0.0249. The minimum atomic E-state index is 0.792. The van der Waals surface area contributed by atoms with Gasteiger partial charge in [-0.2, -0.15) is 0 Å². The van der Waals surface area contributed by atoms with Crippen molar-refractivity contribution in [3.05, 3.63) is 0 Å². The molecule has 7 heavy (non-hydrogen) atoms. The van der Waals surface area contributed by atoms with Crippen LogP contribution in [-0.2, 0) is 0 Å². The van der Waals surface area contributed by atoms with Gasteiger partial charge in [-0.1, -0.05) is 20.7 Å². The standard InChI is InChI=1S/C5H14BN/c1-5(2)4-7-6-3/h5-7H,4H2,1-3H3. The molecule has 1 N–H and O–H groups in total. The number of hydrogen-bond donors (Lipinski definition) is 1. The number of rotatable bonds is 3. The van der Waals surface area contributed by atoms with E-state index in [9.17, 15) is 0 Å². The van der Waals surface area contributed by atoms with E-state index < -0.39 is 0 Å². The maximum atomic E-state index is 3.25. The van der Waals surface area contributed by atoms with Crippen LogP contribution in [0.5, 0.6) is 0 Å². The first-order chi connectivity index (χ1) is 3.27. The maximum Gasteiger partial charge on any atom is 0.197 e. The summed E-state index contributed by atoms with van der Waals surface area (Å²) in [6, 6.07) is 0. The third-order valence-electron chi connectivity index (χ3n) is 0.803. The molecule has 0 bridgehead atoms. The van der Waals surface area contributed by atoms with Gasteiger partial charge in [-0.3, -0.25) is 0 Å². The predicted octanol–water partition coefficient (Wildman–Crippen LogP) is 0.632. The average molecular weight is 99.0 g/mol. The Labute approximate surface area is 46.8 Å². The van der Waals surface area contributed by atoms with E-state index in [2.05, 4.69) is 25.9 Å². The van der Waals surface area contributed by atoms with E-state index in [1.54, 1.807) is 0 Å². The highest BCUT2D eigenvalue weighted by Crippen LogP contribution is 1.84. The van der Waals surface area contributed by atoms with E-state index in [4.69, 9.17) is 0 Å². The van der Waals surface area contributed by atoms with Crippen LogP contribution in [0.25, 0.3) is 0 Å². The fourth-order valence-electron chi connectivity index (χ4n) is 0.433. The summed E-state index contributed by atoms with van der Waals surface area (Å²) in [5.74, 6) is 0.792. The molecule has 0 heterocycles. The third-order valence-corrected chi connectivity index (χ3v) is 0.803. The zero-order valence-electron chi connectivity index (χ0n) is 5.49. The largest absolute Gasteiger partial charge is 0.359 e. The van der Waals surface area contributed by atoms with E-state index in [0.29, 0.717) is 0 Å². The smallest absolute Gasteiger partial charge is 0.197 e. The van der Waals surface area contributed by atoms with Gasteiger partial charge < -0.3 is 5.23 Å². The van der Waals surface area contributed by atoms with E-state index >= 15 is 0 Å². The zero-order valence-corrected chi connectivity index (χ0v) is 5.49. The Kier molecular flexibility index (Phi) is 4.21. The fraction of sp³-hybridized carbons (Fsp3) is 1.00. The van der Waals surface area contributed by atoms with Gasteiger partial charge in [-0.05, 0) is 12.5 Å². The van der Waals surface area contributed by atoms with Crippen LogP contribution in [-0.4, -0.2) is 14.0 Å². The van der Waals surface area contributed by atoms with E-state index in [0.717, 1.165) is 19.9 Å². The lowest BCUT2D eigenvalue weighted by molar-refractivity contribution is 0.633. The summed E-state index contributed by atoms with van der Waals surface area (Å²) in [5, 5.41) is 3.25. The van der Waals surface area contributed by atoms with E-state index in [1.807, 2.05) is 0 Å². The van der Waals surface area contributed by atoms with Gasteiger partial charge in [0.25, 0.3) is 0 Å². The highest BCUT2D eigenvalue weighted by atomic mass is 14.7. The van der Waals surface area contributed by atoms with Crippen molar-refractivity contribution >= 4 is 7.41 Å². The van der Waals surface area contributed by atoms with E-state index in [1.165, 1.54) is 0 Å². The van der Waals surface area contributed by atoms with Crippen LogP contribution in [0.1, 0.15) is 13.8 Å². The van der Waals surface area contributed by atoms with Crippen LogP contribution in [0.4, 0.5) is 0 Å². The summed E-state index contributed by atoms with van der Waals surface area (Å²) in [7, 11) is 1.10. The molecule has 0 atom stereocenters. The van der Waals surface area contributed by atoms with Crippen LogP contribution in [0, 0.1) is 5.92 Å². The molecule has 0 unspecified atom stereocenters. The molecule has 0 aliphatic heterocycles. The molecule has 0 saturated carbocycles. The lowest BCUT2D eigenvalue weighted by Crippen LogP contribution is -2.21. The molecule has 0 aromatic carbocycles. The normalized spacial score (nSPS) is 9.71. The van der Waals surface area contributed by atoms with Crippen molar-refractivity contribution in [3.63, 3.8) is 0 Å². The molecule has 0 amide bonds. The van der Waals surface area contributed by atoms with Crippen molar-refractivity contribution in [2.45, 2.75) is 20.7 Å². The molecule has 0 aromatic heterocycles. The van der Waals surface area contributed by atoms with Gasteiger partial charge in [0.05, 0.1) is 0 Å². The van der Waals surface area contributed by atoms with Gasteiger partial charge in [0, 0.05) is 0 Å². The fourth-order valence-corrected chi connectivity index (χ4v) is 0.433. The summed E-state index contributed by atoms with van der Waals surface area (Å²) >= 11 is 0. The Morgan fingerprint density at radius 2 is 2.14 bits per heavy atom. The third kappa shape index (κ3) is 6.02. The molecule has 0 radical (unpaired) electrons. The average Bonchev–Trinajstić information content (AvgIpc) is 1.61. The highest BCUT2D eigenvalue weighted by Gasteiger charge is 1.87. The van der Waals surface area contributed by atoms with Crippen molar-refractivity contribution in [1.82, 2.24) is 5.23 Å². The molecular formula is C5H14BN. The summed E-state index contributed by atoms with van der Waals surface area (Å²) in [6.07, 6.45) is 0.